The van der Waals surface area contributed by atoms with E-state index in [-0.39, 0.29) is 19.1 Å². The minimum absolute atomic E-state index is 0.0193. The maximum Gasteiger partial charge on any atom is 0.231 e. The first-order chi connectivity index (χ1) is 10.2. The second-order valence-corrected chi connectivity index (χ2v) is 5.08. The van der Waals surface area contributed by atoms with E-state index in [1.54, 1.807) is 0 Å². The van der Waals surface area contributed by atoms with Crippen molar-refractivity contribution in [3.63, 3.8) is 0 Å². The molecule has 1 atom stereocenters. The van der Waals surface area contributed by atoms with Gasteiger partial charge >= 0.3 is 0 Å². The molecule has 0 amide bonds. The van der Waals surface area contributed by atoms with Crippen molar-refractivity contribution in [3.05, 3.63) is 59.7 Å². The summed E-state index contributed by atoms with van der Waals surface area (Å²) in [6.45, 7) is 0.211. The number of carboxylic acids is 1. The third-order valence-electron chi connectivity index (χ3n) is 3.61. The van der Waals surface area contributed by atoms with E-state index in [0.717, 1.165) is 11.1 Å². The SMILES string of the molecule is O=C([O-])C[C@@H](Cc1ccccc1)c1ccc2c(c1)OCO2. The minimum Gasteiger partial charge on any atom is -0.550 e. The first-order valence-electron chi connectivity index (χ1n) is 6.85. The van der Waals surface area contributed by atoms with Crippen molar-refractivity contribution >= 4 is 5.97 Å². The predicted molar refractivity (Wildman–Crippen MR) is 75.1 cm³/mol. The monoisotopic (exact) mass is 283 g/mol. The molecule has 108 valence electrons. The number of ether oxygens (including phenoxy) is 2. The van der Waals surface area contributed by atoms with E-state index >= 15 is 0 Å². The van der Waals surface area contributed by atoms with Crippen LogP contribution in [-0.2, 0) is 11.2 Å². The molecular weight excluding hydrogens is 268 g/mol. The Hall–Kier alpha value is -2.49. The highest BCUT2D eigenvalue weighted by Gasteiger charge is 2.18. The van der Waals surface area contributed by atoms with Crippen molar-refractivity contribution in [1.82, 2.24) is 0 Å². The van der Waals surface area contributed by atoms with Gasteiger partial charge in [-0.3, -0.25) is 0 Å². The van der Waals surface area contributed by atoms with Crippen LogP contribution in [0.2, 0.25) is 0 Å². The molecule has 2 aromatic rings. The third kappa shape index (κ3) is 3.16. The molecule has 1 heterocycles. The average molecular weight is 283 g/mol. The largest absolute Gasteiger partial charge is 0.550 e. The van der Waals surface area contributed by atoms with Gasteiger partial charge in [0.2, 0.25) is 6.79 Å². The summed E-state index contributed by atoms with van der Waals surface area (Å²) in [4.78, 5) is 11.0. The van der Waals surface area contributed by atoms with Gasteiger partial charge in [0.05, 0.1) is 0 Å². The van der Waals surface area contributed by atoms with Crippen LogP contribution in [0.1, 0.15) is 23.5 Å². The van der Waals surface area contributed by atoms with Crippen LogP contribution < -0.4 is 14.6 Å². The molecule has 4 heteroatoms. The molecule has 0 fully saturated rings. The number of hydrogen-bond acceptors (Lipinski definition) is 4. The standard InChI is InChI=1S/C17H16O4/c18-17(19)10-14(8-12-4-2-1-3-5-12)13-6-7-15-16(9-13)21-11-20-15/h1-7,9,14H,8,10-11H2,(H,18,19)/p-1/t14-/m1/s1. The van der Waals surface area contributed by atoms with Crippen molar-refractivity contribution in [2.24, 2.45) is 0 Å². The first kappa shape index (κ1) is 13.5. The van der Waals surface area contributed by atoms with Crippen LogP contribution in [0.4, 0.5) is 0 Å². The van der Waals surface area contributed by atoms with Gasteiger partial charge in [-0.2, -0.15) is 0 Å². The fourth-order valence-electron chi connectivity index (χ4n) is 2.57. The fourth-order valence-corrected chi connectivity index (χ4v) is 2.57. The Morgan fingerprint density at radius 1 is 1.10 bits per heavy atom. The van der Waals surface area contributed by atoms with Crippen LogP contribution in [0.25, 0.3) is 0 Å². The predicted octanol–water partition coefficient (Wildman–Crippen LogP) is 1.88. The molecule has 0 spiro atoms. The molecule has 21 heavy (non-hydrogen) atoms. The summed E-state index contributed by atoms with van der Waals surface area (Å²) in [5.74, 6) is 0.176. The van der Waals surface area contributed by atoms with Gasteiger partial charge in [0.1, 0.15) is 0 Å². The number of carbonyl (C=O) groups is 1. The van der Waals surface area contributed by atoms with Crippen molar-refractivity contribution < 1.29 is 19.4 Å². The van der Waals surface area contributed by atoms with Crippen molar-refractivity contribution in [1.29, 1.82) is 0 Å². The second kappa shape index (κ2) is 5.87. The summed E-state index contributed by atoms with van der Waals surface area (Å²) in [6.07, 6.45) is 0.628. The van der Waals surface area contributed by atoms with Crippen molar-refractivity contribution in [2.45, 2.75) is 18.8 Å². The van der Waals surface area contributed by atoms with Crippen molar-refractivity contribution in [3.8, 4) is 11.5 Å². The molecule has 3 rings (SSSR count). The Kier molecular flexibility index (Phi) is 3.77. The number of benzene rings is 2. The molecule has 4 nitrogen and oxygen atoms in total. The summed E-state index contributed by atoms with van der Waals surface area (Å²) in [5, 5.41) is 11.0. The third-order valence-corrected chi connectivity index (χ3v) is 3.61. The van der Waals surface area contributed by atoms with Crippen molar-refractivity contribution in [2.75, 3.05) is 6.79 Å². The molecule has 0 bridgehead atoms. The summed E-state index contributed by atoms with van der Waals surface area (Å²) in [7, 11) is 0. The lowest BCUT2D eigenvalue weighted by atomic mass is 9.89. The highest BCUT2D eigenvalue weighted by Crippen LogP contribution is 2.36. The lowest BCUT2D eigenvalue weighted by molar-refractivity contribution is -0.306. The Labute approximate surface area is 122 Å². The van der Waals surface area contributed by atoms with E-state index in [0.29, 0.717) is 17.9 Å². The molecule has 0 N–H and O–H groups in total. The maximum absolute atomic E-state index is 11.0. The second-order valence-electron chi connectivity index (χ2n) is 5.08. The molecule has 0 aliphatic carbocycles. The molecule has 1 aliphatic heterocycles. The topological polar surface area (TPSA) is 58.6 Å². The molecule has 0 unspecified atom stereocenters. The number of rotatable bonds is 5. The highest BCUT2D eigenvalue weighted by molar-refractivity contribution is 5.66. The molecule has 0 aromatic heterocycles. The van der Waals surface area contributed by atoms with Gasteiger partial charge in [-0.25, -0.2) is 0 Å². The quantitative estimate of drug-likeness (QED) is 0.840. The Morgan fingerprint density at radius 2 is 1.86 bits per heavy atom. The minimum atomic E-state index is -1.05. The Morgan fingerprint density at radius 3 is 2.62 bits per heavy atom. The molecule has 0 saturated carbocycles. The molecule has 0 radical (unpaired) electrons. The zero-order valence-electron chi connectivity index (χ0n) is 11.5. The number of fused-ring (bicyclic) bond motifs is 1. The van der Waals surface area contributed by atoms with E-state index < -0.39 is 5.97 Å². The molecular formula is C17H15O4-. The Balaban J connectivity index is 1.86. The van der Waals surface area contributed by atoms with E-state index in [2.05, 4.69) is 0 Å². The van der Waals surface area contributed by atoms with Gasteiger partial charge in [0.15, 0.2) is 11.5 Å². The number of carboxylic acid groups (broad SMARTS) is 1. The lowest BCUT2D eigenvalue weighted by Crippen LogP contribution is -2.25. The first-order valence-corrected chi connectivity index (χ1v) is 6.85. The Bertz CT molecular complexity index is 636. The van der Waals surface area contributed by atoms with Gasteiger partial charge in [-0.1, -0.05) is 36.4 Å². The van der Waals surface area contributed by atoms with Crippen LogP contribution in [-0.4, -0.2) is 12.8 Å². The van der Waals surface area contributed by atoms with Crippen LogP contribution in [0.5, 0.6) is 11.5 Å². The van der Waals surface area contributed by atoms with Gasteiger partial charge in [0, 0.05) is 5.97 Å². The molecule has 0 saturated heterocycles. The summed E-state index contributed by atoms with van der Waals surface area (Å²) < 4.78 is 10.6. The summed E-state index contributed by atoms with van der Waals surface area (Å²) >= 11 is 0. The lowest BCUT2D eigenvalue weighted by Gasteiger charge is -2.18. The van der Waals surface area contributed by atoms with Gasteiger partial charge < -0.3 is 19.4 Å². The zero-order chi connectivity index (χ0) is 14.7. The number of carbonyl (C=O) groups excluding carboxylic acids is 1. The van der Waals surface area contributed by atoms with Crippen LogP contribution in [0.3, 0.4) is 0 Å². The van der Waals surface area contributed by atoms with E-state index in [1.807, 2.05) is 48.5 Å². The van der Waals surface area contributed by atoms with Crippen LogP contribution in [0.15, 0.2) is 48.5 Å². The van der Waals surface area contributed by atoms with Gasteiger partial charge in [-0.05, 0) is 42.0 Å². The van der Waals surface area contributed by atoms with Crippen LogP contribution >= 0.6 is 0 Å². The zero-order valence-corrected chi connectivity index (χ0v) is 11.5. The highest BCUT2D eigenvalue weighted by atomic mass is 16.7. The fraction of sp³-hybridized carbons (Fsp3) is 0.235. The van der Waals surface area contributed by atoms with Gasteiger partial charge in [0.25, 0.3) is 0 Å². The number of hydrogen-bond donors (Lipinski definition) is 0. The van der Waals surface area contributed by atoms with Gasteiger partial charge in [-0.15, -0.1) is 0 Å². The van der Waals surface area contributed by atoms with E-state index in [1.165, 1.54) is 0 Å². The maximum atomic E-state index is 11.0. The molecule has 1 aliphatic rings. The normalized spacial score (nSPS) is 13.9. The molecule has 2 aromatic carbocycles. The average Bonchev–Trinajstić information content (AvgIpc) is 2.94. The van der Waals surface area contributed by atoms with Crippen LogP contribution in [0, 0.1) is 0 Å². The summed E-state index contributed by atoms with van der Waals surface area (Å²) in [6, 6.07) is 15.4. The smallest absolute Gasteiger partial charge is 0.231 e. The van der Waals surface area contributed by atoms with E-state index in [4.69, 9.17) is 9.47 Å². The summed E-state index contributed by atoms with van der Waals surface area (Å²) in [5.41, 5.74) is 2.02. The number of aliphatic carboxylic acids is 1. The van der Waals surface area contributed by atoms with E-state index in [9.17, 15) is 9.90 Å².